The van der Waals surface area contributed by atoms with Crippen LogP contribution < -0.4 is 5.32 Å². The molecule has 0 radical (unpaired) electrons. The number of nitrogens with zero attached hydrogens (tertiary/aromatic N) is 1. The van der Waals surface area contributed by atoms with Crippen molar-refractivity contribution in [3.05, 3.63) is 64.6 Å². The van der Waals surface area contributed by atoms with Gasteiger partial charge < -0.3 is 9.88 Å². The molecule has 1 aromatic heterocycles. The number of aryl methyl sites for hydroxylation is 2. The molecule has 0 spiro atoms. The van der Waals surface area contributed by atoms with Gasteiger partial charge in [-0.2, -0.15) is 0 Å². The van der Waals surface area contributed by atoms with Crippen LogP contribution in [0.25, 0.3) is 10.9 Å². The van der Waals surface area contributed by atoms with Gasteiger partial charge in [-0.15, -0.1) is 0 Å². The lowest BCUT2D eigenvalue weighted by molar-refractivity contribution is 0.628. The quantitative estimate of drug-likeness (QED) is 0.729. The van der Waals surface area contributed by atoms with Crippen molar-refractivity contribution in [2.24, 2.45) is 7.05 Å². The van der Waals surface area contributed by atoms with E-state index in [0.29, 0.717) is 6.54 Å². The molecule has 1 heterocycles. The monoisotopic (exact) mass is 302 g/mol. The highest BCUT2D eigenvalue weighted by Crippen LogP contribution is 2.26. The zero-order valence-electron chi connectivity index (χ0n) is 12.0. The van der Waals surface area contributed by atoms with E-state index in [1.807, 2.05) is 12.1 Å². The molecule has 3 aromatic rings. The average Bonchev–Trinajstić information content (AvgIpc) is 2.73. The molecule has 0 bridgehead atoms. The normalized spacial score (nSPS) is 11.0. The number of benzene rings is 2. The standard InChI is InChI=1S/C17H16ClFN2/c1-11-13-5-3-4-6-16(13)21(2)17(11)10-20-12-7-8-15(19)14(18)9-12/h3-9,20H,10H2,1-2H3. The minimum absolute atomic E-state index is 0.133. The van der Waals surface area contributed by atoms with Crippen LogP contribution in [0.15, 0.2) is 42.5 Å². The summed E-state index contributed by atoms with van der Waals surface area (Å²) >= 11 is 5.80. The maximum Gasteiger partial charge on any atom is 0.141 e. The minimum atomic E-state index is -0.400. The molecule has 2 aromatic carbocycles. The molecule has 0 saturated heterocycles. The Hall–Kier alpha value is -2.00. The van der Waals surface area contributed by atoms with E-state index in [1.165, 1.54) is 28.2 Å². The second kappa shape index (κ2) is 5.41. The van der Waals surface area contributed by atoms with Gasteiger partial charge in [0, 0.05) is 29.3 Å². The van der Waals surface area contributed by atoms with Crippen LogP contribution in [0.3, 0.4) is 0 Å². The first-order chi connectivity index (χ1) is 10.1. The number of para-hydroxylation sites is 1. The maximum atomic E-state index is 13.2. The Balaban J connectivity index is 1.90. The lowest BCUT2D eigenvalue weighted by atomic mass is 10.1. The van der Waals surface area contributed by atoms with Gasteiger partial charge in [0.2, 0.25) is 0 Å². The summed E-state index contributed by atoms with van der Waals surface area (Å²) in [5.74, 6) is -0.400. The molecule has 0 aliphatic rings. The van der Waals surface area contributed by atoms with Crippen molar-refractivity contribution in [2.75, 3.05) is 5.32 Å². The Kier molecular flexibility index (Phi) is 3.60. The molecule has 2 nitrogen and oxygen atoms in total. The topological polar surface area (TPSA) is 17.0 Å². The van der Waals surface area contributed by atoms with Gasteiger partial charge in [-0.25, -0.2) is 4.39 Å². The number of rotatable bonds is 3. The Labute approximate surface area is 128 Å². The first-order valence-corrected chi connectivity index (χ1v) is 7.17. The van der Waals surface area contributed by atoms with Crippen LogP contribution in [0.4, 0.5) is 10.1 Å². The molecular formula is C17H16ClFN2. The molecular weight excluding hydrogens is 287 g/mol. The summed E-state index contributed by atoms with van der Waals surface area (Å²) in [7, 11) is 2.06. The second-order valence-electron chi connectivity index (χ2n) is 5.13. The first kappa shape index (κ1) is 14.0. The molecule has 0 unspecified atom stereocenters. The fourth-order valence-electron chi connectivity index (χ4n) is 2.68. The lowest BCUT2D eigenvalue weighted by Crippen LogP contribution is -2.06. The molecule has 0 fully saturated rings. The molecule has 0 amide bonds. The van der Waals surface area contributed by atoms with Gasteiger partial charge in [0.05, 0.1) is 11.6 Å². The van der Waals surface area contributed by atoms with E-state index >= 15 is 0 Å². The molecule has 4 heteroatoms. The van der Waals surface area contributed by atoms with Crippen molar-refractivity contribution in [3.8, 4) is 0 Å². The third-order valence-electron chi connectivity index (χ3n) is 3.89. The Morgan fingerprint density at radius 1 is 1.19 bits per heavy atom. The number of fused-ring (bicyclic) bond motifs is 1. The van der Waals surface area contributed by atoms with E-state index in [1.54, 1.807) is 12.1 Å². The molecule has 108 valence electrons. The van der Waals surface area contributed by atoms with Crippen molar-refractivity contribution in [2.45, 2.75) is 13.5 Å². The van der Waals surface area contributed by atoms with E-state index in [9.17, 15) is 4.39 Å². The van der Waals surface area contributed by atoms with E-state index in [2.05, 4.69) is 36.0 Å². The van der Waals surface area contributed by atoms with Crippen LogP contribution in [0.5, 0.6) is 0 Å². The summed E-state index contributed by atoms with van der Waals surface area (Å²) in [5, 5.41) is 4.69. The first-order valence-electron chi connectivity index (χ1n) is 6.79. The Morgan fingerprint density at radius 2 is 1.95 bits per heavy atom. The Morgan fingerprint density at radius 3 is 2.67 bits per heavy atom. The minimum Gasteiger partial charge on any atom is -0.379 e. The van der Waals surface area contributed by atoms with Gasteiger partial charge in [-0.1, -0.05) is 29.8 Å². The van der Waals surface area contributed by atoms with Gasteiger partial charge >= 0.3 is 0 Å². The predicted octanol–water partition coefficient (Wildman–Crippen LogP) is 4.89. The van der Waals surface area contributed by atoms with Crippen molar-refractivity contribution < 1.29 is 4.39 Å². The highest BCUT2D eigenvalue weighted by Gasteiger charge is 2.11. The SMILES string of the molecule is Cc1c(CNc2ccc(F)c(Cl)c2)n(C)c2ccccc12. The third-order valence-corrected chi connectivity index (χ3v) is 4.18. The fraction of sp³-hybridized carbons (Fsp3) is 0.176. The lowest BCUT2D eigenvalue weighted by Gasteiger charge is -2.10. The zero-order chi connectivity index (χ0) is 15.0. The van der Waals surface area contributed by atoms with Crippen LogP contribution >= 0.6 is 11.6 Å². The largest absolute Gasteiger partial charge is 0.379 e. The summed E-state index contributed by atoms with van der Waals surface area (Å²) < 4.78 is 15.3. The van der Waals surface area contributed by atoms with Crippen LogP contribution in [-0.4, -0.2) is 4.57 Å². The van der Waals surface area contributed by atoms with E-state index in [0.717, 1.165) is 5.69 Å². The van der Waals surface area contributed by atoms with Crippen molar-refractivity contribution in [1.29, 1.82) is 0 Å². The number of hydrogen-bond acceptors (Lipinski definition) is 1. The summed E-state index contributed by atoms with van der Waals surface area (Å²) in [4.78, 5) is 0. The molecule has 0 saturated carbocycles. The molecule has 0 aliphatic heterocycles. The number of halogens is 2. The summed E-state index contributed by atoms with van der Waals surface area (Å²) in [6.07, 6.45) is 0. The van der Waals surface area contributed by atoms with Crippen LogP contribution in [0, 0.1) is 12.7 Å². The molecule has 0 aliphatic carbocycles. The van der Waals surface area contributed by atoms with Crippen LogP contribution in [0.1, 0.15) is 11.3 Å². The van der Waals surface area contributed by atoms with Gasteiger partial charge in [0.1, 0.15) is 5.82 Å². The fourth-order valence-corrected chi connectivity index (χ4v) is 2.86. The summed E-state index contributed by atoms with van der Waals surface area (Å²) in [6, 6.07) is 13.0. The average molecular weight is 303 g/mol. The molecule has 1 N–H and O–H groups in total. The third kappa shape index (κ3) is 2.49. The van der Waals surface area contributed by atoms with Crippen molar-refractivity contribution in [1.82, 2.24) is 4.57 Å². The molecule has 0 atom stereocenters. The summed E-state index contributed by atoms with van der Waals surface area (Å²) in [6.45, 7) is 2.79. The zero-order valence-corrected chi connectivity index (χ0v) is 12.7. The van der Waals surface area contributed by atoms with Gasteiger partial charge in [0.25, 0.3) is 0 Å². The van der Waals surface area contributed by atoms with Gasteiger partial charge in [0.15, 0.2) is 0 Å². The van der Waals surface area contributed by atoms with Gasteiger partial charge in [-0.3, -0.25) is 0 Å². The van der Waals surface area contributed by atoms with E-state index in [-0.39, 0.29) is 5.02 Å². The highest BCUT2D eigenvalue weighted by atomic mass is 35.5. The number of anilines is 1. The maximum absolute atomic E-state index is 13.2. The van der Waals surface area contributed by atoms with Crippen LogP contribution in [-0.2, 0) is 13.6 Å². The second-order valence-corrected chi connectivity index (χ2v) is 5.54. The van der Waals surface area contributed by atoms with Crippen LogP contribution in [0.2, 0.25) is 5.02 Å². The Bertz CT molecular complexity index is 769. The highest BCUT2D eigenvalue weighted by molar-refractivity contribution is 6.31. The van der Waals surface area contributed by atoms with Crippen molar-refractivity contribution in [3.63, 3.8) is 0 Å². The smallest absolute Gasteiger partial charge is 0.141 e. The van der Waals surface area contributed by atoms with E-state index in [4.69, 9.17) is 11.6 Å². The number of nitrogens with one attached hydrogen (secondary N) is 1. The number of aromatic nitrogens is 1. The summed E-state index contributed by atoms with van der Waals surface area (Å²) in [5.41, 5.74) is 4.49. The van der Waals surface area contributed by atoms with E-state index < -0.39 is 5.82 Å². The molecule has 21 heavy (non-hydrogen) atoms. The predicted molar refractivity (Wildman–Crippen MR) is 86.4 cm³/mol. The number of hydrogen-bond donors (Lipinski definition) is 1. The van der Waals surface area contributed by atoms with Gasteiger partial charge in [-0.05, 0) is 36.8 Å². The van der Waals surface area contributed by atoms with Crippen molar-refractivity contribution >= 4 is 28.2 Å². The molecule has 3 rings (SSSR count).